The number of anilines is 2. The number of fused-ring (bicyclic) bond motifs is 1. The number of carbonyl (C=O) groups excluding carboxylic acids is 1. The van der Waals surface area contributed by atoms with Gasteiger partial charge in [-0.2, -0.15) is 0 Å². The van der Waals surface area contributed by atoms with Crippen LogP contribution >= 0.6 is 11.6 Å². The first-order valence-electron chi connectivity index (χ1n) is 11.2. The summed E-state index contributed by atoms with van der Waals surface area (Å²) in [6.45, 7) is 3.06. The summed E-state index contributed by atoms with van der Waals surface area (Å²) in [6, 6.07) is 8.74. The number of hydrogen-bond acceptors (Lipinski definition) is 6. The molecule has 0 bridgehead atoms. The summed E-state index contributed by atoms with van der Waals surface area (Å²) >= 11 is 6.29. The summed E-state index contributed by atoms with van der Waals surface area (Å²) in [5.41, 5.74) is 9.42. The Hall–Kier alpha value is -3.69. The van der Waals surface area contributed by atoms with E-state index in [0.29, 0.717) is 47.8 Å². The van der Waals surface area contributed by atoms with Gasteiger partial charge in [0.05, 0.1) is 24.0 Å². The molecule has 0 atom stereocenters. The summed E-state index contributed by atoms with van der Waals surface area (Å²) in [5, 5.41) is 6.12. The van der Waals surface area contributed by atoms with Gasteiger partial charge in [0.2, 0.25) is 0 Å². The Kier molecular flexibility index (Phi) is 7.48. The Morgan fingerprint density at radius 1 is 1.26 bits per heavy atom. The van der Waals surface area contributed by atoms with Crippen molar-refractivity contribution in [2.75, 3.05) is 25.5 Å². The Morgan fingerprint density at radius 3 is 2.83 bits per heavy atom. The number of aryl methyl sites for hydroxylation is 1. The fourth-order valence-corrected chi connectivity index (χ4v) is 4.07. The molecule has 1 amide bonds. The SMILES string of the molecule is CCc1cc(Nc2nccn3c(-c4ccc(OC)c(F)c4Cl)cnc23)ccc1C(=O)NCCCN. The number of halogens is 2. The van der Waals surface area contributed by atoms with Crippen molar-refractivity contribution >= 4 is 34.7 Å². The molecular weight excluding hydrogens is 471 g/mol. The number of benzene rings is 2. The average Bonchev–Trinajstić information content (AvgIpc) is 3.30. The summed E-state index contributed by atoms with van der Waals surface area (Å²) in [6.07, 6.45) is 6.37. The van der Waals surface area contributed by atoms with Gasteiger partial charge in [-0.1, -0.05) is 18.5 Å². The maximum atomic E-state index is 14.5. The number of ether oxygens (including phenoxy) is 1. The number of nitrogens with one attached hydrogen (secondary N) is 2. The van der Waals surface area contributed by atoms with E-state index in [0.717, 1.165) is 17.7 Å². The first-order chi connectivity index (χ1) is 17.0. The topological polar surface area (TPSA) is 107 Å². The van der Waals surface area contributed by atoms with Gasteiger partial charge in [-0.3, -0.25) is 9.20 Å². The molecule has 4 N–H and O–H groups in total. The summed E-state index contributed by atoms with van der Waals surface area (Å²) in [4.78, 5) is 21.4. The number of carbonyl (C=O) groups is 1. The van der Waals surface area contributed by atoms with Gasteiger partial charge in [0.25, 0.3) is 5.91 Å². The summed E-state index contributed by atoms with van der Waals surface area (Å²) in [7, 11) is 1.39. The highest BCUT2D eigenvalue weighted by atomic mass is 35.5. The third kappa shape index (κ3) is 4.91. The van der Waals surface area contributed by atoms with Gasteiger partial charge >= 0.3 is 0 Å². The first kappa shape index (κ1) is 24.4. The average molecular weight is 497 g/mol. The molecule has 182 valence electrons. The van der Waals surface area contributed by atoms with Crippen LogP contribution < -0.4 is 21.1 Å². The highest BCUT2D eigenvalue weighted by Gasteiger charge is 2.18. The van der Waals surface area contributed by atoms with E-state index in [4.69, 9.17) is 22.1 Å². The van der Waals surface area contributed by atoms with Crippen molar-refractivity contribution in [3.63, 3.8) is 0 Å². The minimum atomic E-state index is -0.631. The maximum absolute atomic E-state index is 14.5. The monoisotopic (exact) mass is 496 g/mol. The van der Waals surface area contributed by atoms with Gasteiger partial charge in [-0.25, -0.2) is 14.4 Å². The molecule has 0 aliphatic carbocycles. The largest absolute Gasteiger partial charge is 0.494 e. The van der Waals surface area contributed by atoms with Crippen molar-refractivity contribution < 1.29 is 13.9 Å². The van der Waals surface area contributed by atoms with Crippen molar-refractivity contribution in [3.8, 4) is 17.0 Å². The Morgan fingerprint density at radius 2 is 2.09 bits per heavy atom. The van der Waals surface area contributed by atoms with E-state index < -0.39 is 5.82 Å². The van der Waals surface area contributed by atoms with E-state index in [1.807, 2.05) is 19.1 Å². The van der Waals surface area contributed by atoms with Crippen LogP contribution in [0.4, 0.5) is 15.9 Å². The predicted molar refractivity (Wildman–Crippen MR) is 135 cm³/mol. The predicted octanol–water partition coefficient (Wildman–Crippen LogP) is 4.58. The number of rotatable bonds is 9. The normalized spacial score (nSPS) is 11.0. The smallest absolute Gasteiger partial charge is 0.251 e. The maximum Gasteiger partial charge on any atom is 0.251 e. The number of hydrogen-bond donors (Lipinski definition) is 3. The number of amides is 1. The van der Waals surface area contributed by atoms with E-state index in [1.54, 1.807) is 35.1 Å². The van der Waals surface area contributed by atoms with Gasteiger partial charge in [0.1, 0.15) is 0 Å². The second-order valence-corrected chi connectivity index (χ2v) is 8.18. The molecule has 4 aromatic rings. The van der Waals surface area contributed by atoms with Crippen LogP contribution in [0.1, 0.15) is 29.3 Å². The highest BCUT2D eigenvalue weighted by Crippen LogP contribution is 2.35. The fourth-order valence-electron chi connectivity index (χ4n) is 3.82. The van der Waals surface area contributed by atoms with Crippen molar-refractivity contribution in [3.05, 3.63) is 70.9 Å². The molecule has 2 aromatic heterocycles. The van der Waals surface area contributed by atoms with Crippen LogP contribution in [0.25, 0.3) is 16.9 Å². The lowest BCUT2D eigenvalue weighted by Gasteiger charge is -2.13. The molecule has 4 rings (SSSR count). The lowest BCUT2D eigenvalue weighted by molar-refractivity contribution is 0.0952. The van der Waals surface area contributed by atoms with Crippen LogP contribution in [0, 0.1) is 5.82 Å². The molecule has 0 saturated heterocycles. The molecular formula is C25H26ClFN6O2. The van der Waals surface area contributed by atoms with Crippen molar-refractivity contribution in [1.82, 2.24) is 19.7 Å². The number of nitrogens with zero attached hydrogens (tertiary/aromatic N) is 3. The van der Waals surface area contributed by atoms with Crippen LogP contribution in [0.5, 0.6) is 5.75 Å². The van der Waals surface area contributed by atoms with E-state index >= 15 is 0 Å². The van der Waals surface area contributed by atoms with Crippen LogP contribution in [0.15, 0.2) is 48.9 Å². The zero-order chi connectivity index (χ0) is 24.9. The molecule has 0 unspecified atom stereocenters. The molecule has 0 radical (unpaired) electrons. The van der Waals surface area contributed by atoms with E-state index in [2.05, 4.69) is 20.6 Å². The van der Waals surface area contributed by atoms with Crippen molar-refractivity contribution in [1.29, 1.82) is 0 Å². The van der Waals surface area contributed by atoms with Gasteiger partial charge < -0.3 is 21.1 Å². The molecule has 0 aliphatic rings. The zero-order valence-corrected chi connectivity index (χ0v) is 20.2. The van der Waals surface area contributed by atoms with E-state index in [1.165, 1.54) is 13.2 Å². The molecule has 0 saturated carbocycles. The Balaban J connectivity index is 1.65. The third-order valence-electron chi connectivity index (χ3n) is 5.63. The zero-order valence-electron chi connectivity index (χ0n) is 19.4. The standard InChI is InChI=1S/C25H26ClFN6O2/c1-3-15-13-16(5-6-17(15)25(34)30-10-4-9-28)32-23-24-31-14-19(33(24)12-11-29-23)18-7-8-20(35-2)22(27)21(18)26/h5-8,11-14H,3-4,9-10,28H2,1-2H3,(H,29,32)(H,30,34). The second kappa shape index (κ2) is 10.7. The minimum absolute atomic E-state index is 0.0506. The lowest BCUT2D eigenvalue weighted by atomic mass is 10.0. The van der Waals surface area contributed by atoms with Gasteiger partial charge in [0.15, 0.2) is 23.0 Å². The number of imidazole rings is 1. The molecule has 0 aliphatic heterocycles. The number of aromatic nitrogens is 3. The summed E-state index contributed by atoms with van der Waals surface area (Å²) < 4.78 is 21.3. The molecule has 8 nitrogen and oxygen atoms in total. The van der Waals surface area contributed by atoms with E-state index in [9.17, 15) is 9.18 Å². The Labute approximate surface area is 207 Å². The molecule has 2 aromatic carbocycles. The quantitative estimate of drug-likeness (QED) is 0.293. The first-order valence-corrected chi connectivity index (χ1v) is 11.6. The molecule has 10 heteroatoms. The minimum Gasteiger partial charge on any atom is -0.494 e. The van der Waals surface area contributed by atoms with Crippen LogP contribution in [0.3, 0.4) is 0 Å². The van der Waals surface area contributed by atoms with Gasteiger partial charge in [-0.15, -0.1) is 0 Å². The molecule has 0 fully saturated rings. The second-order valence-electron chi connectivity index (χ2n) is 7.80. The van der Waals surface area contributed by atoms with Gasteiger partial charge in [0, 0.05) is 35.8 Å². The third-order valence-corrected chi connectivity index (χ3v) is 6.00. The number of nitrogens with two attached hydrogens (primary N) is 1. The van der Waals surface area contributed by atoms with E-state index in [-0.39, 0.29) is 16.7 Å². The molecule has 35 heavy (non-hydrogen) atoms. The van der Waals surface area contributed by atoms with Crippen molar-refractivity contribution in [2.24, 2.45) is 5.73 Å². The highest BCUT2D eigenvalue weighted by molar-refractivity contribution is 6.33. The summed E-state index contributed by atoms with van der Waals surface area (Å²) in [5.74, 6) is -0.178. The van der Waals surface area contributed by atoms with Crippen LogP contribution in [-0.2, 0) is 6.42 Å². The number of methoxy groups -OCH3 is 1. The Bertz CT molecular complexity index is 1370. The molecule has 2 heterocycles. The lowest BCUT2D eigenvalue weighted by Crippen LogP contribution is -2.26. The van der Waals surface area contributed by atoms with Crippen molar-refractivity contribution in [2.45, 2.75) is 19.8 Å². The van der Waals surface area contributed by atoms with Crippen LogP contribution in [0.2, 0.25) is 5.02 Å². The van der Waals surface area contributed by atoms with Crippen LogP contribution in [-0.4, -0.2) is 40.5 Å². The fraction of sp³-hybridized carbons (Fsp3) is 0.240. The van der Waals surface area contributed by atoms with Gasteiger partial charge in [-0.05, 0) is 55.3 Å². The molecule has 0 spiro atoms.